The van der Waals surface area contributed by atoms with Gasteiger partial charge in [-0.25, -0.2) is 4.79 Å². The lowest BCUT2D eigenvalue weighted by Crippen LogP contribution is -2.38. The monoisotopic (exact) mass is 346 g/mol. The second kappa shape index (κ2) is 6.66. The smallest absolute Gasteiger partial charge is 0.410 e. The molecule has 2 fully saturated rings. The Morgan fingerprint density at radius 1 is 1.36 bits per heavy atom. The first-order valence-corrected chi connectivity index (χ1v) is 9.07. The average molecular weight is 346 g/mol. The molecule has 7 heteroatoms. The summed E-state index contributed by atoms with van der Waals surface area (Å²) in [5.41, 5.74) is -1.21. The number of hydrogen-bond donors (Lipinski definition) is 0. The van der Waals surface area contributed by atoms with E-state index in [0.717, 1.165) is 44.9 Å². The molecule has 2 aliphatic carbocycles. The fourth-order valence-electron chi connectivity index (χ4n) is 3.24. The standard InChI is InChI=1S/C18H26N4O3/c1-17(2,3)24-16(23)22(13-7-8-13)11-14-20-15(25-21-14)18(12-19)9-5-4-6-10-18/h13H,4-11H2,1-3H3. The molecule has 0 aromatic carbocycles. The minimum atomic E-state index is -0.667. The number of aromatic nitrogens is 2. The maximum Gasteiger partial charge on any atom is 0.410 e. The van der Waals surface area contributed by atoms with Gasteiger partial charge in [0.25, 0.3) is 0 Å². The number of carbonyl (C=O) groups excluding carboxylic acids is 1. The summed E-state index contributed by atoms with van der Waals surface area (Å²) < 4.78 is 10.9. The Morgan fingerprint density at radius 2 is 2.04 bits per heavy atom. The van der Waals surface area contributed by atoms with Gasteiger partial charge < -0.3 is 9.26 Å². The van der Waals surface area contributed by atoms with Gasteiger partial charge in [0.1, 0.15) is 11.0 Å². The van der Waals surface area contributed by atoms with Crippen molar-refractivity contribution in [3.63, 3.8) is 0 Å². The molecule has 0 aliphatic heterocycles. The third kappa shape index (κ3) is 4.12. The van der Waals surface area contributed by atoms with Crippen molar-refractivity contribution in [2.45, 2.75) is 89.3 Å². The molecule has 136 valence electrons. The lowest BCUT2D eigenvalue weighted by atomic mass is 9.75. The van der Waals surface area contributed by atoms with Crippen LogP contribution in [0.1, 0.15) is 77.4 Å². The molecule has 1 amide bonds. The van der Waals surface area contributed by atoms with E-state index in [2.05, 4.69) is 16.2 Å². The second-order valence-electron chi connectivity index (χ2n) is 8.11. The van der Waals surface area contributed by atoms with Gasteiger partial charge in [-0.05, 0) is 46.5 Å². The van der Waals surface area contributed by atoms with E-state index in [9.17, 15) is 10.1 Å². The molecular weight excluding hydrogens is 320 g/mol. The molecule has 1 aromatic heterocycles. The maximum atomic E-state index is 12.4. The number of nitrogens with zero attached hydrogens (tertiary/aromatic N) is 4. The minimum absolute atomic E-state index is 0.177. The highest BCUT2D eigenvalue weighted by Gasteiger charge is 2.41. The predicted molar refractivity (Wildman–Crippen MR) is 89.5 cm³/mol. The number of nitriles is 1. The Hall–Kier alpha value is -2.10. The van der Waals surface area contributed by atoms with Crippen LogP contribution in [0.5, 0.6) is 0 Å². The summed E-state index contributed by atoms with van der Waals surface area (Å²) in [4.78, 5) is 18.6. The molecule has 0 atom stereocenters. The van der Waals surface area contributed by atoms with Crippen molar-refractivity contribution in [3.8, 4) is 6.07 Å². The SMILES string of the molecule is CC(C)(C)OC(=O)N(Cc1noc(C2(C#N)CCCCC2)n1)C1CC1. The molecule has 25 heavy (non-hydrogen) atoms. The van der Waals surface area contributed by atoms with Gasteiger partial charge in [-0.3, -0.25) is 4.90 Å². The van der Waals surface area contributed by atoms with Crippen LogP contribution in [-0.4, -0.2) is 32.8 Å². The Bertz CT molecular complexity index is 661. The highest BCUT2D eigenvalue weighted by molar-refractivity contribution is 5.68. The van der Waals surface area contributed by atoms with Crippen LogP contribution in [0.15, 0.2) is 4.52 Å². The molecule has 0 saturated heterocycles. The topological polar surface area (TPSA) is 92.2 Å². The Morgan fingerprint density at radius 3 is 2.60 bits per heavy atom. The van der Waals surface area contributed by atoms with Gasteiger partial charge in [0.2, 0.25) is 5.89 Å². The van der Waals surface area contributed by atoms with Gasteiger partial charge in [-0.1, -0.05) is 24.4 Å². The van der Waals surface area contributed by atoms with E-state index in [1.807, 2.05) is 20.8 Å². The van der Waals surface area contributed by atoms with E-state index in [0.29, 0.717) is 11.7 Å². The summed E-state index contributed by atoms with van der Waals surface area (Å²) in [6.45, 7) is 5.80. The number of carbonyl (C=O) groups is 1. The van der Waals surface area contributed by atoms with E-state index in [4.69, 9.17) is 9.26 Å². The minimum Gasteiger partial charge on any atom is -0.444 e. The van der Waals surface area contributed by atoms with Crippen molar-refractivity contribution in [3.05, 3.63) is 11.7 Å². The lowest BCUT2D eigenvalue weighted by molar-refractivity contribution is 0.0210. The lowest BCUT2D eigenvalue weighted by Gasteiger charge is -2.27. The fourth-order valence-corrected chi connectivity index (χ4v) is 3.24. The van der Waals surface area contributed by atoms with Crippen molar-refractivity contribution in [1.82, 2.24) is 15.0 Å². The third-order valence-electron chi connectivity index (χ3n) is 4.73. The van der Waals surface area contributed by atoms with E-state index in [1.165, 1.54) is 0 Å². The van der Waals surface area contributed by atoms with Crippen molar-refractivity contribution >= 4 is 6.09 Å². The van der Waals surface area contributed by atoms with Crippen LogP contribution in [0.2, 0.25) is 0 Å². The zero-order valence-electron chi connectivity index (χ0n) is 15.2. The van der Waals surface area contributed by atoms with Crippen LogP contribution in [0.25, 0.3) is 0 Å². The van der Waals surface area contributed by atoms with Gasteiger partial charge in [0, 0.05) is 6.04 Å². The van der Waals surface area contributed by atoms with Gasteiger partial charge in [0.05, 0.1) is 12.6 Å². The quantitative estimate of drug-likeness (QED) is 0.825. The molecular formula is C18H26N4O3. The summed E-state index contributed by atoms with van der Waals surface area (Å²) in [6, 6.07) is 2.57. The maximum absolute atomic E-state index is 12.4. The Balaban J connectivity index is 1.73. The van der Waals surface area contributed by atoms with Gasteiger partial charge >= 0.3 is 6.09 Å². The van der Waals surface area contributed by atoms with E-state index in [-0.39, 0.29) is 18.7 Å². The predicted octanol–water partition coefficient (Wildman–Crippen LogP) is 3.69. The largest absolute Gasteiger partial charge is 0.444 e. The first-order chi connectivity index (χ1) is 11.8. The molecule has 7 nitrogen and oxygen atoms in total. The number of rotatable bonds is 4. The van der Waals surface area contributed by atoms with Crippen LogP contribution in [0.4, 0.5) is 4.79 Å². The molecule has 0 unspecified atom stereocenters. The summed E-state index contributed by atoms with van der Waals surface area (Å²) in [5, 5.41) is 13.7. The molecule has 3 rings (SSSR count). The first-order valence-electron chi connectivity index (χ1n) is 9.07. The van der Waals surface area contributed by atoms with Crippen molar-refractivity contribution in [1.29, 1.82) is 5.26 Å². The summed E-state index contributed by atoms with van der Waals surface area (Å²) in [5.74, 6) is 0.831. The van der Waals surface area contributed by atoms with Crippen LogP contribution in [0, 0.1) is 11.3 Å². The summed E-state index contributed by atoms with van der Waals surface area (Å²) in [6.07, 6.45) is 6.22. The third-order valence-corrected chi connectivity index (χ3v) is 4.73. The first kappa shape index (κ1) is 17.7. The molecule has 0 radical (unpaired) electrons. The Kier molecular flexibility index (Phi) is 4.72. The van der Waals surface area contributed by atoms with Crippen LogP contribution < -0.4 is 0 Å². The van der Waals surface area contributed by atoms with Crippen LogP contribution >= 0.6 is 0 Å². The van der Waals surface area contributed by atoms with Gasteiger partial charge in [-0.15, -0.1) is 0 Å². The summed E-state index contributed by atoms with van der Waals surface area (Å²) in [7, 11) is 0. The van der Waals surface area contributed by atoms with Crippen LogP contribution in [0.3, 0.4) is 0 Å². The molecule has 0 bridgehead atoms. The van der Waals surface area contributed by atoms with E-state index < -0.39 is 11.0 Å². The van der Waals surface area contributed by atoms with Crippen molar-refractivity contribution in [2.24, 2.45) is 0 Å². The van der Waals surface area contributed by atoms with Crippen LogP contribution in [-0.2, 0) is 16.7 Å². The molecule has 1 heterocycles. The van der Waals surface area contributed by atoms with Gasteiger partial charge in [0.15, 0.2) is 5.82 Å². The average Bonchev–Trinajstić information content (AvgIpc) is 3.29. The molecule has 0 spiro atoms. The second-order valence-corrected chi connectivity index (χ2v) is 8.11. The van der Waals surface area contributed by atoms with E-state index >= 15 is 0 Å². The zero-order valence-corrected chi connectivity index (χ0v) is 15.2. The highest BCUT2D eigenvalue weighted by atomic mass is 16.6. The van der Waals surface area contributed by atoms with Crippen molar-refractivity contribution in [2.75, 3.05) is 0 Å². The van der Waals surface area contributed by atoms with E-state index in [1.54, 1.807) is 4.90 Å². The van der Waals surface area contributed by atoms with Gasteiger partial charge in [-0.2, -0.15) is 10.2 Å². The summed E-state index contributed by atoms with van der Waals surface area (Å²) >= 11 is 0. The fraction of sp³-hybridized carbons (Fsp3) is 0.778. The highest BCUT2D eigenvalue weighted by Crippen LogP contribution is 2.38. The Labute approximate surface area is 148 Å². The molecule has 2 aliphatic rings. The zero-order chi connectivity index (χ0) is 18.1. The normalized spacial score (nSPS) is 19.9. The molecule has 1 aromatic rings. The number of amides is 1. The number of ether oxygens (including phenoxy) is 1. The molecule has 0 N–H and O–H groups in total. The van der Waals surface area contributed by atoms with Crippen molar-refractivity contribution < 1.29 is 14.1 Å². The molecule has 2 saturated carbocycles. The number of hydrogen-bond acceptors (Lipinski definition) is 6.